The van der Waals surface area contributed by atoms with Crippen LogP contribution in [0.25, 0.3) is 5.65 Å². The van der Waals surface area contributed by atoms with Crippen LogP contribution in [0, 0.1) is 17.2 Å². The van der Waals surface area contributed by atoms with E-state index in [0.717, 1.165) is 30.8 Å². The molecule has 0 radical (unpaired) electrons. The first-order valence-electron chi connectivity index (χ1n) is 10.6. The normalized spacial score (nSPS) is 26.5. The first-order chi connectivity index (χ1) is 14.9. The van der Waals surface area contributed by atoms with Crippen LogP contribution < -0.4 is 15.0 Å². The number of nitrogens with one attached hydrogen (secondary N) is 1. The number of ether oxygens (including phenoxy) is 1. The van der Waals surface area contributed by atoms with Gasteiger partial charge in [0.15, 0.2) is 5.65 Å². The van der Waals surface area contributed by atoms with Gasteiger partial charge in [-0.15, -0.1) is 0 Å². The zero-order valence-corrected chi connectivity index (χ0v) is 17.4. The predicted octanol–water partition coefficient (Wildman–Crippen LogP) is 2.54. The molecule has 5 heterocycles. The third kappa shape index (κ3) is 2.72. The second-order valence-corrected chi connectivity index (χ2v) is 9.52. The van der Waals surface area contributed by atoms with E-state index in [4.69, 9.17) is 9.72 Å². The number of anilines is 1. The van der Waals surface area contributed by atoms with Gasteiger partial charge in [-0.3, -0.25) is 4.79 Å². The molecule has 1 saturated carbocycles. The Morgan fingerprint density at radius 3 is 3.03 bits per heavy atom. The fourth-order valence-corrected chi connectivity index (χ4v) is 5.02. The number of pyridine rings is 1. The predicted molar refractivity (Wildman–Crippen MR) is 111 cm³/mol. The molecular weight excluding hydrogens is 399 g/mol. The highest BCUT2D eigenvalue weighted by Crippen LogP contribution is 2.64. The molecule has 1 N–H and O–H groups in total. The second-order valence-electron chi connectivity index (χ2n) is 9.52. The zero-order chi connectivity index (χ0) is 21.4. The Balaban J connectivity index is 1.55. The summed E-state index contributed by atoms with van der Waals surface area (Å²) < 4.78 is 22.1. The molecule has 8 nitrogen and oxygen atoms in total. The van der Waals surface area contributed by atoms with Crippen molar-refractivity contribution < 1.29 is 13.9 Å². The Bertz CT molecular complexity index is 1220. The molecule has 1 saturated heterocycles. The summed E-state index contributed by atoms with van der Waals surface area (Å²) in [6.45, 7) is 5.56. The fraction of sp³-hybridized carbons (Fsp3) is 0.455. The molecule has 9 heteroatoms. The molecule has 2 fully saturated rings. The number of halogens is 1. The summed E-state index contributed by atoms with van der Waals surface area (Å²) in [5.74, 6) is 1.01. The lowest BCUT2D eigenvalue weighted by molar-refractivity contribution is 0.0918. The smallest absolute Gasteiger partial charge is 0.256 e. The van der Waals surface area contributed by atoms with Crippen LogP contribution in [0.1, 0.15) is 42.6 Å². The van der Waals surface area contributed by atoms with Gasteiger partial charge in [0.05, 0.1) is 24.5 Å². The summed E-state index contributed by atoms with van der Waals surface area (Å²) in [7, 11) is 0. The van der Waals surface area contributed by atoms with Gasteiger partial charge in [-0.2, -0.15) is 5.10 Å². The SMILES string of the molecule is CC1(C)CNC(=O)c2cnn3ccc(nc23)N2CC[C@H]3C[C@]32c2cc(F)cnc2OC1. The summed E-state index contributed by atoms with van der Waals surface area (Å²) in [5.41, 5.74) is 0.988. The standard InChI is InChI=1S/C22H23FN6O2/c1-21(2)11-25-19(30)15-10-26-29-6-4-17(27-18(15)29)28-5-3-13-8-22(13,28)16-7-14(23)9-24-20(16)31-12-21/h4,6-7,9-10,13H,3,5,8,11-12H2,1-2H3,(H,25,30)/t13-,22+/m0/s1. The quantitative estimate of drug-likeness (QED) is 0.599. The van der Waals surface area contributed by atoms with Gasteiger partial charge in [-0.1, -0.05) is 13.8 Å². The molecular formula is C22H23FN6O2. The average molecular weight is 422 g/mol. The van der Waals surface area contributed by atoms with Crippen molar-refractivity contribution in [1.82, 2.24) is 24.9 Å². The third-order valence-electron chi connectivity index (χ3n) is 6.74. The van der Waals surface area contributed by atoms with Gasteiger partial charge in [-0.05, 0) is 30.9 Å². The summed E-state index contributed by atoms with van der Waals surface area (Å²) >= 11 is 0. The Morgan fingerprint density at radius 1 is 1.32 bits per heavy atom. The molecule has 1 aliphatic carbocycles. The molecule has 2 bridgehead atoms. The Morgan fingerprint density at radius 2 is 2.19 bits per heavy atom. The van der Waals surface area contributed by atoms with Crippen LogP contribution in [-0.4, -0.2) is 45.2 Å². The van der Waals surface area contributed by atoms with Crippen LogP contribution in [0.15, 0.2) is 30.7 Å². The van der Waals surface area contributed by atoms with E-state index in [1.807, 2.05) is 26.1 Å². The second kappa shape index (κ2) is 6.15. The number of carbonyl (C=O) groups excluding carboxylic acids is 1. The van der Waals surface area contributed by atoms with Crippen LogP contribution in [0.5, 0.6) is 5.88 Å². The van der Waals surface area contributed by atoms with Gasteiger partial charge in [0.25, 0.3) is 5.91 Å². The molecule has 2 aliphatic heterocycles. The number of carbonyl (C=O) groups is 1. The maximum Gasteiger partial charge on any atom is 0.256 e. The van der Waals surface area contributed by atoms with E-state index in [9.17, 15) is 9.18 Å². The zero-order valence-electron chi connectivity index (χ0n) is 17.4. The molecule has 1 spiro atoms. The molecule has 2 atom stereocenters. The lowest BCUT2D eigenvalue weighted by Gasteiger charge is -2.32. The molecule has 1 amide bonds. The first-order valence-corrected chi connectivity index (χ1v) is 10.6. The number of rotatable bonds is 0. The van der Waals surface area contributed by atoms with Crippen LogP contribution in [0.4, 0.5) is 10.2 Å². The van der Waals surface area contributed by atoms with Crippen molar-refractivity contribution in [1.29, 1.82) is 0 Å². The Labute approximate surface area is 178 Å². The van der Waals surface area contributed by atoms with Crippen molar-refractivity contribution in [3.63, 3.8) is 0 Å². The van der Waals surface area contributed by atoms with Crippen LogP contribution in [0.2, 0.25) is 0 Å². The van der Waals surface area contributed by atoms with Crippen molar-refractivity contribution in [3.05, 3.63) is 47.7 Å². The number of fused-ring (bicyclic) bond motifs is 3. The number of aromatic nitrogens is 4. The maximum absolute atomic E-state index is 14.3. The molecule has 3 aromatic heterocycles. The fourth-order valence-electron chi connectivity index (χ4n) is 5.02. The van der Waals surface area contributed by atoms with E-state index in [0.29, 0.717) is 36.2 Å². The van der Waals surface area contributed by atoms with E-state index in [1.54, 1.807) is 16.8 Å². The summed E-state index contributed by atoms with van der Waals surface area (Å²) in [5, 5.41) is 7.26. The van der Waals surface area contributed by atoms with Crippen molar-refractivity contribution in [3.8, 4) is 5.88 Å². The molecule has 160 valence electrons. The lowest BCUT2D eigenvalue weighted by atomic mass is 9.94. The van der Waals surface area contributed by atoms with E-state index < -0.39 is 0 Å². The monoisotopic (exact) mass is 422 g/mol. The Kier molecular flexibility index (Phi) is 3.68. The van der Waals surface area contributed by atoms with Gasteiger partial charge < -0.3 is 15.0 Å². The summed E-state index contributed by atoms with van der Waals surface area (Å²) in [6, 6.07) is 3.45. The molecule has 0 aromatic carbocycles. The minimum absolute atomic E-state index is 0.217. The molecule has 6 rings (SSSR count). The first kappa shape index (κ1) is 18.5. The number of nitrogens with zero attached hydrogens (tertiary/aromatic N) is 5. The van der Waals surface area contributed by atoms with E-state index in [1.165, 1.54) is 6.20 Å². The van der Waals surface area contributed by atoms with Gasteiger partial charge in [0.1, 0.15) is 17.2 Å². The van der Waals surface area contributed by atoms with Gasteiger partial charge in [0, 0.05) is 30.3 Å². The van der Waals surface area contributed by atoms with Crippen LogP contribution in [-0.2, 0) is 5.54 Å². The molecule has 0 unspecified atom stereocenters. The third-order valence-corrected chi connectivity index (χ3v) is 6.74. The minimum atomic E-state index is -0.382. The highest BCUT2D eigenvalue weighted by atomic mass is 19.1. The van der Waals surface area contributed by atoms with Gasteiger partial charge in [-0.25, -0.2) is 18.9 Å². The highest BCUT2D eigenvalue weighted by molar-refractivity contribution is 5.99. The van der Waals surface area contributed by atoms with Crippen molar-refractivity contribution in [2.45, 2.75) is 32.2 Å². The van der Waals surface area contributed by atoms with E-state index in [2.05, 4.69) is 20.3 Å². The highest BCUT2D eigenvalue weighted by Gasteiger charge is 2.65. The van der Waals surface area contributed by atoms with Gasteiger partial charge >= 0.3 is 0 Å². The lowest BCUT2D eigenvalue weighted by Crippen LogP contribution is -2.39. The minimum Gasteiger partial charge on any atom is -0.477 e. The number of amides is 1. The number of hydrogen-bond acceptors (Lipinski definition) is 6. The molecule has 3 aliphatic rings. The summed E-state index contributed by atoms with van der Waals surface area (Å²) in [4.78, 5) is 24.2. The number of hydrogen-bond donors (Lipinski definition) is 1. The average Bonchev–Trinajstić information content (AvgIpc) is 3.13. The maximum atomic E-state index is 14.3. The van der Waals surface area contributed by atoms with Crippen molar-refractivity contribution in [2.75, 3.05) is 24.6 Å². The van der Waals surface area contributed by atoms with Crippen molar-refractivity contribution >= 4 is 17.4 Å². The van der Waals surface area contributed by atoms with Crippen LogP contribution in [0.3, 0.4) is 0 Å². The molecule has 31 heavy (non-hydrogen) atoms. The Hall–Kier alpha value is -3.23. The molecule has 3 aromatic rings. The van der Waals surface area contributed by atoms with Crippen molar-refractivity contribution in [2.24, 2.45) is 11.3 Å². The summed E-state index contributed by atoms with van der Waals surface area (Å²) in [6.07, 6.45) is 6.45. The van der Waals surface area contributed by atoms with Crippen LogP contribution >= 0.6 is 0 Å². The number of piperidine rings is 1. The van der Waals surface area contributed by atoms with E-state index in [-0.39, 0.29) is 22.7 Å². The largest absolute Gasteiger partial charge is 0.477 e. The van der Waals surface area contributed by atoms with E-state index >= 15 is 0 Å². The van der Waals surface area contributed by atoms with Gasteiger partial charge in [0.2, 0.25) is 5.88 Å². The topological polar surface area (TPSA) is 84.7 Å².